The molecule has 6 heteroatoms. The van der Waals surface area contributed by atoms with E-state index >= 15 is 0 Å². The second kappa shape index (κ2) is 5.60. The summed E-state index contributed by atoms with van der Waals surface area (Å²) in [5.41, 5.74) is 0.254. The van der Waals surface area contributed by atoms with Crippen molar-refractivity contribution in [1.82, 2.24) is 4.90 Å². The van der Waals surface area contributed by atoms with E-state index in [4.69, 9.17) is 14.2 Å². The van der Waals surface area contributed by atoms with Crippen molar-refractivity contribution < 1.29 is 23.8 Å². The van der Waals surface area contributed by atoms with Crippen LogP contribution >= 0.6 is 0 Å². The fraction of sp³-hybridized carbons (Fsp3) is 0.385. The predicted octanol–water partition coefficient (Wildman–Crippen LogP) is 2.07. The Balaban J connectivity index is 2.31. The molecule has 0 unspecified atom stereocenters. The number of nitrogens with zero attached hydrogens (tertiary/aromatic N) is 1. The van der Waals surface area contributed by atoms with Crippen molar-refractivity contribution in [2.75, 3.05) is 19.9 Å². The molecule has 1 heterocycles. The molecule has 0 radical (unpaired) electrons. The third-order valence-corrected chi connectivity index (χ3v) is 2.86. The Morgan fingerprint density at radius 2 is 2.11 bits per heavy atom. The Morgan fingerprint density at radius 3 is 2.74 bits per heavy atom. The zero-order valence-corrected chi connectivity index (χ0v) is 10.8. The largest absolute Gasteiger partial charge is 0.453 e. The minimum atomic E-state index is -0.517. The molecule has 0 spiro atoms. The average molecular weight is 265 g/mol. The highest BCUT2D eigenvalue weighted by atomic mass is 16.7. The summed E-state index contributed by atoms with van der Waals surface area (Å²) in [6.45, 7) is 4.80. The van der Waals surface area contributed by atoms with Crippen LogP contribution in [-0.2, 0) is 0 Å². The molecule has 1 aliphatic rings. The van der Waals surface area contributed by atoms with Gasteiger partial charge in [0.2, 0.25) is 12.5 Å². The number of fused-ring (bicyclic) bond motifs is 1. The lowest BCUT2D eigenvalue weighted by molar-refractivity contribution is 0.111. The van der Waals surface area contributed by atoms with Gasteiger partial charge in [-0.3, -0.25) is 4.79 Å². The van der Waals surface area contributed by atoms with Gasteiger partial charge < -0.3 is 19.1 Å². The van der Waals surface area contributed by atoms with Crippen molar-refractivity contribution >= 4 is 12.4 Å². The quantitative estimate of drug-likeness (QED) is 0.780. The van der Waals surface area contributed by atoms with E-state index in [-0.39, 0.29) is 18.1 Å². The molecule has 0 atom stereocenters. The molecular weight excluding hydrogens is 250 g/mol. The molecule has 0 N–H and O–H groups in total. The number of benzene rings is 1. The second-order valence-corrected chi connectivity index (χ2v) is 3.88. The molecule has 1 aromatic carbocycles. The van der Waals surface area contributed by atoms with Crippen LogP contribution in [0.3, 0.4) is 0 Å². The normalized spacial score (nSPS) is 12.1. The van der Waals surface area contributed by atoms with Crippen molar-refractivity contribution in [2.24, 2.45) is 0 Å². The van der Waals surface area contributed by atoms with Crippen LogP contribution in [-0.4, -0.2) is 37.2 Å². The lowest BCUT2D eigenvalue weighted by Crippen LogP contribution is -2.33. The van der Waals surface area contributed by atoms with Gasteiger partial charge in [0.1, 0.15) is 0 Å². The van der Waals surface area contributed by atoms with E-state index in [1.807, 2.05) is 13.8 Å². The fourth-order valence-corrected chi connectivity index (χ4v) is 1.79. The minimum Gasteiger partial charge on any atom is -0.453 e. The van der Waals surface area contributed by atoms with Crippen molar-refractivity contribution in [1.29, 1.82) is 0 Å². The maximum Gasteiger partial charge on any atom is 0.415 e. The number of carbonyl (C=O) groups excluding carboxylic acids is 2. The van der Waals surface area contributed by atoms with Gasteiger partial charge in [0.25, 0.3) is 0 Å². The van der Waals surface area contributed by atoms with Crippen LogP contribution in [0.25, 0.3) is 0 Å². The monoisotopic (exact) mass is 265 g/mol. The predicted molar refractivity (Wildman–Crippen MR) is 66.9 cm³/mol. The summed E-state index contributed by atoms with van der Waals surface area (Å²) in [6, 6.07) is 3.15. The Labute approximate surface area is 110 Å². The summed E-state index contributed by atoms with van der Waals surface area (Å²) in [7, 11) is 0. The van der Waals surface area contributed by atoms with Crippen LogP contribution in [0.1, 0.15) is 24.2 Å². The molecular formula is C13H15NO5. The molecule has 0 aromatic heterocycles. The number of amides is 1. The topological polar surface area (TPSA) is 65.1 Å². The highest BCUT2D eigenvalue weighted by molar-refractivity contribution is 5.85. The van der Waals surface area contributed by atoms with Gasteiger partial charge >= 0.3 is 6.09 Å². The number of hydrogen-bond acceptors (Lipinski definition) is 5. The standard InChI is InChI=1S/C13H15NO5/c1-3-14(4-2)13(16)19-11-9(7-15)5-6-10-12(11)18-8-17-10/h5-7H,3-4,8H2,1-2H3. The van der Waals surface area contributed by atoms with E-state index in [0.717, 1.165) is 0 Å². The maximum absolute atomic E-state index is 11.9. The van der Waals surface area contributed by atoms with Crippen LogP contribution in [0, 0.1) is 0 Å². The van der Waals surface area contributed by atoms with E-state index in [0.29, 0.717) is 30.9 Å². The van der Waals surface area contributed by atoms with Gasteiger partial charge in [0, 0.05) is 13.1 Å². The first-order chi connectivity index (χ1) is 9.21. The first kappa shape index (κ1) is 13.2. The first-order valence-corrected chi connectivity index (χ1v) is 6.05. The highest BCUT2D eigenvalue weighted by Gasteiger charge is 2.25. The first-order valence-electron chi connectivity index (χ1n) is 6.05. The van der Waals surface area contributed by atoms with Gasteiger partial charge in [-0.15, -0.1) is 0 Å². The maximum atomic E-state index is 11.9. The number of ether oxygens (including phenoxy) is 3. The van der Waals surface area contributed by atoms with E-state index in [1.54, 1.807) is 6.07 Å². The molecule has 102 valence electrons. The average Bonchev–Trinajstić information content (AvgIpc) is 2.89. The summed E-state index contributed by atoms with van der Waals surface area (Å²) in [5, 5.41) is 0. The molecule has 0 fully saturated rings. The van der Waals surface area contributed by atoms with Gasteiger partial charge in [-0.1, -0.05) is 0 Å². The van der Waals surface area contributed by atoms with E-state index in [2.05, 4.69) is 0 Å². The third kappa shape index (κ3) is 2.47. The zero-order valence-electron chi connectivity index (χ0n) is 10.8. The summed E-state index contributed by atoms with van der Waals surface area (Å²) in [5.74, 6) is 0.875. The van der Waals surface area contributed by atoms with Gasteiger partial charge in [0.15, 0.2) is 17.8 Å². The van der Waals surface area contributed by atoms with Crippen LogP contribution in [0.4, 0.5) is 4.79 Å². The van der Waals surface area contributed by atoms with Crippen LogP contribution in [0.2, 0.25) is 0 Å². The smallest absolute Gasteiger partial charge is 0.415 e. The Morgan fingerprint density at radius 1 is 1.37 bits per heavy atom. The van der Waals surface area contributed by atoms with Gasteiger partial charge in [0.05, 0.1) is 5.56 Å². The number of rotatable bonds is 4. The lowest BCUT2D eigenvalue weighted by Gasteiger charge is -2.19. The van der Waals surface area contributed by atoms with Crippen molar-refractivity contribution in [2.45, 2.75) is 13.8 Å². The summed E-state index contributed by atoms with van der Waals surface area (Å²) in [6.07, 6.45) is 0.101. The molecule has 0 saturated carbocycles. The van der Waals surface area contributed by atoms with Crippen LogP contribution in [0.15, 0.2) is 12.1 Å². The Hall–Kier alpha value is -2.24. The number of carbonyl (C=O) groups is 2. The molecule has 2 rings (SSSR count). The molecule has 0 aliphatic carbocycles. The number of aldehydes is 1. The molecule has 1 aliphatic heterocycles. The lowest BCUT2D eigenvalue weighted by atomic mass is 10.2. The van der Waals surface area contributed by atoms with Gasteiger partial charge in [-0.25, -0.2) is 4.79 Å². The molecule has 1 aromatic rings. The van der Waals surface area contributed by atoms with Crippen LogP contribution < -0.4 is 14.2 Å². The molecule has 0 saturated heterocycles. The van der Waals surface area contributed by atoms with E-state index in [9.17, 15) is 9.59 Å². The highest BCUT2D eigenvalue weighted by Crippen LogP contribution is 2.42. The Kier molecular flexibility index (Phi) is 3.89. The minimum absolute atomic E-state index is 0.0491. The fourth-order valence-electron chi connectivity index (χ4n) is 1.79. The molecule has 6 nitrogen and oxygen atoms in total. The SMILES string of the molecule is CCN(CC)C(=O)Oc1c(C=O)ccc2c1OCO2. The number of hydrogen-bond donors (Lipinski definition) is 0. The zero-order chi connectivity index (χ0) is 13.8. The van der Waals surface area contributed by atoms with Gasteiger partial charge in [-0.05, 0) is 26.0 Å². The van der Waals surface area contributed by atoms with Crippen molar-refractivity contribution in [3.63, 3.8) is 0 Å². The van der Waals surface area contributed by atoms with Crippen LogP contribution in [0.5, 0.6) is 17.2 Å². The summed E-state index contributed by atoms with van der Waals surface area (Å²) in [4.78, 5) is 24.5. The Bertz CT molecular complexity index is 496. The van der Waals surface area contributed by atoms with Gasteiger partial charge in [-0.2, -0.15) is 0 Å². The van der Waals surface area contributed by atoms with E-state index < -0.39 is 6.09 Å². The summed E-state index contributed by atoms with van der Waals surface area (Å²) >= 11 is 0. The molecule has 19 heavy (non-hydrogen) atoms. The summed E-state index contributed by atoms with van der Waals surface area (Å²) < 4.78 is 15.7. The van der Waals surface area contributed by atoms with E-state index in [1.165, 1.54) is 11.0 Å². The second-order valence-electron chi connectivity index (χ2n) is 3.88. The van der Waals surface area contributed by atoms with Crippen molar-refractivity contribution in [3.05, 3.63) is 17.7 Å². The van der Waals surface area contributed by atoms with Crippen molar-refractivity contribution in [3.8, 4) is 17.2 Å². The molecule has 0 bridgehead atoms. The molecule has 1 amide bonds. The third-order valence-electron chi connectivity index (χ3n) is 2.86.